The molecular weight excluding hydrogens is 385 g/mol. The SMILES string of the molecule is O=C(C[C@@H]1C(=O)NC=CN1S(=O)(=O)c1ccccc1)NCc1ccc(F)cc1. The van der Waals surface area contributed by atoms with Crippen molar-refractivity contribution in [3.8, 4) is 0 Å². The number of hydrogen-bond acceptors (Lipinski definition) is 4. The van der Waals surface area contributed by atoms with Gasteiger partial charge in [0.2, 0.25) is 11.8 Å². The second-order valence-electron chi connectivity index (χ2n) is 6.10. The zero-order valence-corrected chi connectivity index (χ0v) is 15.5. The summed E-state index contributed by atoms with van der Waals surface area (Å²) >= 11 is 0. The number of nitrogens with one attached hydrogen (secondary N) is 2. The summed E-state index contributed by atoms with van der Waals surface area (Å²) in [6.45, 7) is 0.134. The van der Waals surface area contributed by atoms with Gasteiger partial charge in [-0.1, -0.05) is 30.3 Å². The van der Waals surface area contributed by atoms with Crippen LogP contribution in [0.3, 0.4) is 0 Å². The first-order valence-electron chi connectivity index (χ1n) is 8.45. The minimum atomic E-state index is -4.00. The van der Waals surface area contributed by atoms with E-state index in [9.17, 15) is 22.4 Å². The second-order valence-corrected chi connectivity index (χ2v) is 7.94. The van der Waals surface area contributed by atoms with Gasteiger partial charge in [-0.25, -0.2) is 12.8 Å². The van der Waals surface area contributed by atoms with Crippen LogP contribution >= 0.6 is 0 Å². The third kappa shape index (κ3) is 4.37. The van der Waals surface area contributed by atoms with Gasteiger partial charge in [-0.3, -0.25) is 13.9 Å². The zero-order valence-electron chi connectivity index (χ0n) is 14.7. The van der Waals surface area contributed by atoms with E-state index in [1.165, 1.54) is 48.8 Å². The molecule has 0 bridgehead atoms. The highest BCUT2D eigenvalue weighted by atomic mass is 32.2. The van der Waals surface area contributed by atoms with Crippen LogP contribution in [0, 0.1) is 5.82 Å². The number of carbonyl (C=O) groups excluding carboxylic acids is 2. The molecule has 2 aromatic carbocycles. The number of benzene rings is 2. The number of rotatable bonds is 6. The normalized spacial score (nSPS) is 16.5. The van der Waals surface area contributed by atoms with Crippen molar-refractivity contribution in [2.24, 2.45) is 0 Å². The van der Waals surface area contributed by atoms with Crippen molar-refractivity contribution in [2.45, 2.75) is 23.9 Å². The van der Waals surface area contributed by atoms with Gasteiger partial charge in [0, 0.05) is 18.9 Å². The van der Waals surface area contributed by atoms with E-state index < -0.39 is 27.9 Å². The van der Waals surface area contributed by atoms with E-state index in [0.29, 0.717) is 5.56 Å². The Hall–Kier alpha value is -3.20. The standard InChI is InChI=1S/C19H18FN3O4S/c20-15-8-6-14(7-9-15)13-22-18(24)12-17-19(25)21-10-11-23(17)28(26,27)16-4-2-1-3-5-16/h1-11,17H,12-13H2,(H,21,25)(H,22,24)/t17-/m1/s1. The molecule has 1 heterocycles. The largest absolute Gasteiger partial charge is 0.352 e. The summed E-state index contributed by atoms with van der Waals surface area (Å²) in [7, 11) is -4.00. The number of nitrogens with zero attached hydrogens (tertiary/aromatic N) is 1. The molecule has 28 heavy (non-hydrogen) atoms. The summed E-state index contributed by atoms with van der Waals surface area (Å²) in [5.41, 5.74) is 0.677. The smallest absolute Gasteiger partial charge is 0.264 e. The highest BCUT2D eigenvalue weighted by Crippen LogP contribution is 2.22. The lowest BCUT2D eigenvalue weighted by Crippen LogP contribution is -2.51. The summed E-state index contributed by atoms with van der Waals surface area (Å²) in [6.07, 6.45) is 2.08. The molecule has 7 nitrogen and oxygen atoms in total. The summed E-state index contributed by atoms with van der Waals surface area (Å²) in [5, 5.41) is 5.03. The number of halogens is 1. The maximum absolute atomic E-state index is 12.9. The van der Waals surface area contributed by atoms with Gasteiger partial charge >= 0.3 is 0 Å². The van der Waals surface area contributed by atoms with E-state index in [1.54, 1.807) is 18.2 Å². The molecule has 0 radical (unpaired) electrons. The Bertz CT molecular complexity index is 992. The molecular formula is C19H18FN3O4S. The molecule has 1 aliphatic rings. The summed E-state index contributed by atoms with van der Waals surface area (Å²) in [6, 6.07) is 12.0. The first-order chi connectivity index (χ1) is 13.4. The molecule has 2 N–H and O–H groups in total. The van der Waals surface area contributed by atoms with Gasteiger partial charge < -0.3 is 10.6 Å². The van der Waals surface area contributed by atoms with Crippen LogP contribution in [0.2, 0.25) is 0 Å². The van der Waals surface area contributed by atoms with E-state index in [0.717, 1.165) is 4.31 Å². The quantitative estimate of drug-likeness (QED) is 0.764. The molecule has 2 amide bonds. The third-order valence-electron chi connectivity index (χ3n) is 4.16. The van der Waals surface area contributed by atoms with Crippen molar-refractivity contribution in [2.75, 3.05) is 0 Å². The predicted octanol–water partition coefficient (Wildman–Crippen LogP) is 1.49. The molecule has 0 saturated heterocycles. The maximum Gasteiger partial charge on any atom is 0.264 e. The molecule has 146 valence electrons. The summed E-state index contributed by atoms with van der Waals surface area (Å²) < 4.78 is 39.5. The monoisotopic (exact) mass is 403 g/mol. The molecule has 0 saturated carbocycles. The van der Waals surface area contributed by atoms with Crippen LogP contribution in [0.1, 0.15) is 12.0 Å². The van der Waals surface area contributed by atoms with Crippen molar-refractivity contribution in [3.05, 3.63) is 78.4 Å². The Morgan fingerprint density at radius 2 is 1.79 bits per heavy atom. The molecule has 3 rings (SSSR count). The zero-order chi connectivity index (χ0) is 20.1. The fourth-order valence-corrected chi connectivity index (χ4v) is 4.17. The molecule has 9 heteroatoms. The summed E-state index contributed by atoms with van der Waals surface area (Å²) in [5.74, 6) is -1.49. The maximum atomic E-state index is 12.9. The Morgan fingerprint density at radius 3 is 2.46 bits per heavy atom. The highest BCUT2D eigenvalue weighted by molar-refractivity contribution is 7.89. The molecule has 0 aromatic heterocycles. The van der Waals surface area contributed by atoms with Crippen molar-refractivity contribution in [1.82, 2.24) is 14.9 Å². The minimum Gasteiger partial charge on any atom is -0.352 e. The van der Waals surface area contributed by atoms with Gasteiger partial charge in [-0.15, -0.1) is 0 Å². The van der Waals surface area contributed by atoms with Gasteiger partial charge in [-0.05, 0) is 29.8 Å². The fourth-order valence-electron chi connectivity index (χ4n) is 2.70. The van der Waals surface area contributed by atoms with Crippen LogP contribution in [0.5, 0.6) is 0 Å². The van der Waals surface area contributed by atoms with E-state index in [4.69, 9.17) is 0 Å². The molecule has 0 unspecified atom stereocenters. The molecule has 0 aliphatic carbocycles. The second kappa shape index (κ2) is 8.22. The lowest BCUT2D eigenvalue weighted by molar-refractivity contribution is -0.129. The van der Waals surface area contributed by atoms with E-state index in [2.05, 4.69) is 10.6 Å². The van der Waals surface area contributed by atoms with Gasteiger partial charge in [0.1, 0.15) is 11.9 Å². The van der Waals surface area contributed by atoms with Crippen molar-refractivity contribution in [3.63, 3.8) is 0 Å². The molecule has 1 atom stereocenters. The minimum absolute atomic E-state index is 0.0195. The van der Waals surface area contributed by atoms with Crippen molar-refractivity contribution < 1.29 is 22.4 Å². The Balaban J connectivity index is 1.73. The van der Waals surface area contributed by atoms with Gasteiger partial charge in [0.05, 0.1) is 11.3 Å². The Labute approximate surface area is 161 Å². The number of sulfonamides is 1. The molecule has 0 fully saturated rings. The van der Waals surface area contributed by atoms with Crippen LogP contribution in [0.15, 0.2) is 71.9 Å². The average Bonchev–Trinajstić information content (AvgIpc) is 2.69. The Kier molecular flexibility index (Phi) is 5.74. The third-order valence-corrected chi connectivity index (χ3v) is 5.96. The van der Waals surface area contributed by atoms with Crippen molar-refractivity contribution in [1.29, 1.82) is 0 Å². The average molecular weight is 403 g/mol. The van der Waals surface area contributed by atoms with Crippen LogP contribution < -0.4 is 10.6 Å². The van der Waals surface area contributed by atoms with Gasteiger partial charge in [0.15, 0.2) is 0 Å². The molecule has 1 aliphatic heterocycles. The molecule has 0 spiro atoms. The van der Waals surface area contributed by atoms with Crippen LogP contribution in [0.4, 0.5) is 4.39 Å². The van der Waals surface area contributed by atoms with Crippen LogP contribution in [-0.4, -0.2) is 30.6 Å². The number of carbonyl (C=O) groups is 2. The number of hydrogen-bond donors (Lipinski definition) is 2. The first kappa shape index (κ1) is 19.6. The van der Waals surface area contributed by atoms with E-state index in [1.807, 2.05) is 0 Å². The van der Waals surface area contributed by atoms with Crippen LogP contribution in [-0.2, 0) is 26.2 Å². The fraction of sp³-hybridized carbons (Fsp3) is 0.158. The van der Waals surface area contributed by atoms with E-state index >= 15 is 0 Å². The predicted molar refractivity (Wildman–Crippen MR) is 99.4 cm³/mol. The Morgan fingerprint density at radius 1 is 1.11 bits per heavy atom. The van der Waals surface area contributed by atoms with Crippen molar-refractivity contribution >= 4 is 21.8 Å². The summed E-state index contributed by atoms with van der Waals surface area (Å²) in [4.78, 5) is 24.6. The lowest BCUT2D eigenvalue weighted by Gasteiger charge is -2.31. The van der Waals surface area contributed by atoms with E-state index in [-0.39, 0.29) is 23.7 Å². The van der Waals surface area contributed by atoms with Gasteiger partial charge in [-0.2, -0.15) is 0 Å². The lowest BCUT2D eigenvalue weighted by atomic mass is 10.1. The van der Waals surface area contributed by atoms with Gasteiger partial charge in [0.25, 0.3) is 10.0 Å². The highest BCUT2D eigenvalue weighted by Gasteiger charge is 2.36. The molecule has 2 aromatic rings. The van der Waals surface area contributed by atoms with Crippen LogP contribution in [0.25, 0.3) is 0 Å². The first-order valence-corrected chi connectivity index (χ1v) is 9.89. The number of amides is 2. The topological polar surface area (TPSA) is 95.6 Å².